The summed E-state index contributed by atoms with van der Waals surface area (Å²) in [6.45, 7) is 18.5. The number of carbonyl (C=O) groups excluding carboxylic acids is 5. The number of nitrogens with one attached hydrogen (secondary N) is 2. The smallest absolute Gasteiger partial charge is 0.324 e. The number of esters is 1. The lowest BCUT2D eigenvalue weighted by atomic mass is 9.84. The van der Waals surface area contributed by atoms with Crippen LogP contribution in [0.5, 0.6) is 0 Å². The molecule has 3 aliphatic heterocycles. The summed E-state index contributed by atoms with van der Waals surface area (Å²) < 4.78 is 14.3. The summed E-state index contributed by atoms with van der Waals surface area (Å²) in [5.74, 6) is -1.35. The maximum atomic E-state index is 14.7. The molecule has 0 spiro atoms. The van der Waals surface area contributed by atoms with Crippen LogP contribution in [0.15, 0.2) is 54.6 Å². The van der Waals surface area contributed by atoms with Crippen LogP contribution in [-0.2, 0) is 48.0 Å². The maximum absolute atomic E-state index is 14.7. The molecule has 21 heteroatoms. The number of piperidine rings is 1. The van der Waals surface area contributed by atoms with Gasteiger partial charge in [0.15, 0.2) is 0 Å². The third-order valence-electron chi connectivity index (χ3n) is 14.1. The molecule has 3 aromatic heterocycles. The summed E-state index contributed by atoms with van der Waals surface area (Å²) in [6.07, 6.45) is 6.95. The minimum atomic E-state index is -1.07. The zero-order valence-electron chi connectivity index (χ0n) is 43.9. The molecule has 5 amide bonds. The van der Waals surface area contributed by atoms with Gasteiger partial charge in [0.05, 0.1) is 34.8 Å². The molecule has 2 N–H and O–H groups in total. The molecule has 6 bridgehead atoms. The molecule has 0 saturated carbocycles. The zero-order valence-corrected chi connectivity index (χ0v) is 48.7. The number of hydrogen-bond donors (Lipinski definition) is 2. The first-order valence-electron chi connectivity index (χ1n) is 24.5. The van der Waals surface area contributed by atoms with Gasteiger partial charge in [-0.25, -0.2) is 15.2 Å². The van der Waals surface area contributed by atoms with E-state index in [-0.39, 0.29) is 91.0 Å². The highest BCUT2D eigenvalue weighted by atomic mass is 32.1. The van der Waals surface area contributed by atoms with Crippen LogP contribution in [0.2, 0.25) is 0 Å². The fourth-order valence-corrected chi connectivity index (χ4v) is 11.0. The lowest BCUT2D eigenvalue weighted by Gasteiger charge is -2.39. The zero-order chi connectivity index (χ0) is 49.7. The van der Waals surface area contributed by atoms with E-state index in [1.807, 2.05) is 32.2 Å². The van der Waals surface area contributed by atoms with Gasteiger partial charge in [0.2, 0.25) is 11.8 Å². The molecular weight excluding hydrogens is 1020 g/mol. The lowest BCUT2D eigenvalue weighted by molar-refractivity contribution is -0.155. The van der Waals surface area contributed by atoms with Crippen LogP contribution in [0.25, 0.3) is 33.4 Å². The molecule has 0 radical (unpaired) electrons. The summed E-state index contributed by atoms with van der Waals surface area (Å²) in [6, 6.07) is 7.45. The van der Waals surface area contributed by atoms with Gasteiger partial charge in [-0.05, 0) is 100 Å². The van der Waals surface area contributed by atoms with Crippen molar-refractivity contribution in [3.05, 3.63) is 70.8 Å². The number of carbonyl (C=O) groups is 5. The van der Waals surface area contributed by atoms with Crippen LogP contribution >= 0.6 is 65.3 Å². The van der Waals surface area contributed by atoms with Gasteiger partial charge in [0, 0.05) is 99.4 Å². The number of aromatic nitrogens is 3. The second-order valence-corrected chi connectivity index (χ2v) is 21.0. The lowest BCUT2D eigenvalue weighted by Crippen LogP contribution is -2.62. The molecule has 73 heavy (non-hydrogen) atoms. The van der Waals surface area contributed by atoms with E-state index in [1.54, 1.807) is 37.2 Å². The van der Waals surface area contributed by atoms with Gasteiger partial charge >= 0.3 is 12.0 Å². The molecule has 4 aromatic rings. The molecule has 0 aliphatic carbocycles. The van der Waals surface area contributed by atoms with Crippen molar-refractivity contribution >= 4 is 106 Å². The predicted molar refractivity (Wildman–Crippen MR) is 309 cm³/mol. The van der Waals surface area contributed by atoms with Gasteiger partial charge in [0.1, 0.15) is 18.1 Å². The summed E-state index contributed by atoms with van der Waals surface area (Å²) in [7, 11) is 5.10. The average molecular weight is 1100 g/mol. The van der Waals surface area contributed by atoms with Crippen LogP contribution in [0.3, 0.4) is 0 Å². The van der Waals surface area contributed by atoms with E-state index in [2.05, 4.69) is 66.9 Å². The fourth-order valence-electron chi connectivity index (χ4n) is 10.1. The second kappa shape index (κ2) is 27.5. The molecular formula is C52H79N9O7S5. The van der Waals surface area contributed by atoms with Crippen molar-refractivity contribution in [1.29, 1.82) is 0 Å². The Bertz CT molecular complexity index is 2550. The van der Waals surface area contributed by atoms with Crippen molar-refractivity contribution < 1.29 is 33.4 Å². The molecule has 2 fully saturated rings. The first kappa shape index (κ1) is 63.0. The van der Waals surface area contributed by atoms with Gasteiger partial charge in [-0.1, -0.05) is 40.3 Å². The highest BCUT2D eigenvalue weighted by Crippen LogP contribution is 2.42. The van der Waals surface area contributed by atoms with E-state index >= 15 is 0 Å². The number of hydrazine groups is 1. The van der Waals surface area contributed by atoms with Crippen molar-refractivity contribution in [3.63, 3.8) is 0 Å². The van der Waals surface area contributed by atoms with Crippen molar-refractivity contribution in [2.24, 2.45) is 17.3 Å². The van der Waals surface area contributed by atoms with Crippen LogP contribution in [-0.4, -0.2) is 136 Å². The SMILES string of the molecule is C=CC(=O)N(C)CCC1CCN(C(=O)N(C)[C@H](C(=O)N[C@H]2Cc3nc(cs3)-c3ccc4c(c3)c(c(-c3cccnc3[C@H](C)OC)n4CC)CC(C)(C)COC(=O)[C@@H]3CCCN(N3)C2=O)C(C)C)CC1.S.S.S.S. The van der Waals surface area contributed by atoms with E-state index < -0.39 is 41.3 Å². The minimum Gasteiger partial charge on any atom is -0.464 e. The number of hydrogen-bond acceptors (Lipinski definition) is 11. The monoisotopic (exact) mass is 1100 g/mol. The molecule has 3 aliphatic rings. The number of likely N-dealkylation sites (tertiary alicyclic amines) is 1. The molecule has 4 atom stereocenters. The Hall–Kier alpha value is -4.25. The Morgan fingerprint density at radius 1 is 1.05 bits per heavy atom. The Morgan fingerprint density at radius 2 is 1.77 bits per heavy atom. The van der Waals surface area contributed by atoms with Crippen LogP contribution < -0.4 is 10.7 Å². The quantitative estimate of drug-likeness (QED) is 0.107. The average Bonchev–Trinajstić information content (AvgIpc) is 3.94. The first-order valence-corrected chi connectivity index (χ1v) is 25.3. The van der Waals surface area contributed by atoms with Gasteiger partial charge in [-0.3, -0.25) is 29.2 Å². The van der Waals surface area contributed by atoms with Gasteiger partial charge < -0.3 is 34.1 Å². The topological polar surface area (TPSA) is 172 Å². The molecule has 2 saturated heterocycles. The molecule has 1 aromatic carbocycles. The van der Waals surface area contributed by atoms with Crippen LogP contribution in [0.1, 0.15) is 96.0 Å². The van der Waals surface area contributed by atoms with E-state index in [9.17, 15) is 24.0 Å². The molecule has 7 rings (SSSR count). The third kappa shape index (κ3) is 14.4. The van der Waals surface area contributed by atoms with Crippen LogP contribution in [0, 0.1) is 17.3 Å². The Kier molecular flexibility index (Phi) is 23.8. The van der Waals surface area contributed by atoms with Crippen molar-refractivity contribution in [2.45, 2.75) is 117 Å². The standard InChI is InChI=1S/C52H71N9O7S.4H2S/c1-11-44(62)57(8)24-19-34-20-25-59(26-21-34)51(66)58(9)46(32(3)4)48(63)55-40-28-43-54-41(30-69-43)35-17-18-42-37(27-35)38(47(60(42)12-2)36-15-13-22-53-45(36)33(5)67-10)29-52(6,7)31-68-50(65)39-16-14-23-61(56-39)49(40)64;;;;/h11,13,15,17-18,22,27,30,32-34,39-40,46,56H,1,12,14,16,19-21,23-26,28-29,31H2,2-10H3,(H,55,63);4*1H2/t33-,39-,40-,46-;;;;/m0..../s1. The Labute approximate surface area is 463 Å². The highest BCUT2D eigenvalue weighted by Gasteiger charge is 2.39. The summed E-state index contributed by atoms with van der Waals surface area (Å²) in [4.78, 5) is 84.1. The van der Waals surface area contributed by atoms with E-state index in [0.717, 1.165) is 63.9 Å². The summed E-state index contributed by atoms with van der Waals surface area (Å²) in [5, 5.41) is 8.18. The fraction of sp³-hybridized carbons (Fsp3) is 0.558. The highest BCUT2D eigenvalue weighted by molar-refractivity contribution is 7.59. The Balaban J connectivity index is 0.00000352. The Morgan fingerprint density at radius 3 is 2.42 bits per heavy atom. The number of likely N-dealkylation sites (N-methyl/N-ethyl adjacent to an activating group) is 2. The number of nitrogens with zero attached hydrogens (tertiary/aromatic N) is 7. The van der Waals surface area contributed by atoms with E-state index in [1.165, 1.54) is 27.3 Å². The van der Waals surface area contributed by atoms with Gasteiger partial charge in [0.25, 0.3) is 5.91 Å². The number of benzene rings is 1. The normalized spacial score (nSPS) is 18.9. The number of rotatable bonds is 12. The largest absolute Gasteiger partial charge is 0.464 e. The van der Waals surface area contributed by atoms with Crippen molar-refractivity contribution in [2.75, 3.05) is 54.0 Å². The van der Waals surface area contributed by atoms with Crippen molar-refractivity contribution in [1.82, 2.24) is 45.0 Å². The van der Waals surface area contributed by atoms with Crippen molar-refractivity contribution in [3.8, 4) is 22.5 Å². The number of amides is 5. The second-order valence-electron chi connectivity index (χ2n) is 20.0. The molecule has 6 heterocycles. The van der Waals surface area contributed by atoms with E-state index in [4.69, 9.17) is 19.4 Å². The molecule has 0 unspecified atom stereocenters. The number of ether oxygens (including phenoxy) is 2. The predicted octanol–water partition coefficient (Wildman–Crippen LogP) is 7.48. The van der Waals surface area contributed by atoms with E-state index in [0.29, 0.717) is 62.9 Å². The number of pyridine rings is 1. The molecule has 404 valence electrons. The summed E-state index contributed by atoms with van der Waals surface area (Å²) in [5.41, 5.74) is 9.31. The number of urea groups is 1. The number of methoxy groups -OCH3 is 1. The first-order chi connectivity index (χ1) is 32.9. The van der Waals surface area contributed by atoms with Crippen LogP contribution in [0.4, 0.5) is 4.79 Å². The number of fused-ring (bicyclic) bond motifs is 6. The number of thiazole rings is 1. The van der Waals surface area contributed by atoms with Gasteiger partial charge in [-0.15, -0.1) is 11.3 Å². The summed E-state index contributed by atoms with van der Waals surface area (Å²) >= 11 is 1.42. The molecule has 16 nitrogen and oxygen atoms in total. The minimum absolute atomic E-state index is 0. The third-order valence-corrected chi connectivity index (χ3v) is 15.0. The van der Waals surface area contributed by atoms with Gasteiger partial charge in [-0.2, -0.15) is 54.0 Å². The maximum Gasteiger partial charge on any atom is 0.324 e. The number of cyclic esters (lactones) is 1. The number of aryl methyl sites for hydroxylation is 1.